The van der Waals surface area contributed by atoms with Gasteiger partial charge >= 0.3 is 0 Å². The van der Waals surface area contributed by atoms with Gasteiger partial charge in [-0.15, -0.1) is 0 Å². The predicted molar refractivity (Wildman–Crippen MR) is 189 cm³/mol. The molecule has 0 heterocycles. The van der Waals surface area contributed by atoms with E-state index >= 15 is 0 Å². The van der Waals surface area contributed by atoms with E-state index in [9.17, 15) is 9.50 Å². The molecule has 0 saturated heterocycles. The molecule has 7 aliphatic carbocycles. The predicted octanol–water partition coefficient (Wildman–Crippen LogP) is 10.5. The highest BCUT2D eigenvalue weighted by molar-refractivity contribution is 7.99. The topological polar surface area (TPSA) is 32.3 Å². The molecule has 2 nitrogen and oxygen atoms in total. The number of allylic oxidation sites excluding steroid dienone is 4. The van der Waals surface area contributed by atoms with Crippen LogP contribution in [0.25, 0.3) is 0 Å². The minimum Gasteiger partial charge on any atom is -0.390 e. The van der Waals surface area contributed by atoms with Crippen LogP contribution in [0.4, 0.5) is 4.39 Å². The maximum atomic E-state index is 13.3. The average Bonchev–Trinajstić information content (AvgIpc) is 3.46. The Morgan fingerprint density at radius 3 is 2.38 bits per heavy atom. The molecule has 10 atom stereocenters. The molecule has 5 saturated carbocycles. The van der Waals surface area contributed by atoms with Gasteiger partial charge in [0, 0.05) is 10.8 Å². The van der Waals surface area contributed by atoms with Crippen molar-refractivity contribution in [3.63, 3.8) is 0 Å². The Bertz CT molecular complexity index is 1160. The van der Waals surface area contributed by atoms with Crippen LogP contribution in [0.3, 0.4) is 0 Å². The van der Waals surface area contributed by atoms with Crippen molar-refractivity contribution >= 4 is 11.8 Å². The fourth-order valence-electron chi connectivity index (χ4n) is 14.0. The van der Waals surface area contributed by atoms with Crippen LogP contribution in [0.2, 0.25) is 0 Å². The molecule has 8 unspecified atom stereocenters. The molecule has 0 bridgehead atoms. The van der Waals surface area contributed by atoms with Gasteiger partial charge in [0.2, 0.25) is 0 Å². The third-order valence-electron chi connectivity index (χ3n) is 16.9. The van der Waals surface area contributed by atoms with Crippen molar-refractivity contribution in [3.8, 4) is 0 Å². The molecule has 0 aromatic heterocycles. The summed E-state index contributed by atoms with van der Waals surface area (Å²) in [6.45, 7) is 11.6. The van der Waals surface area contributed by atoms with Gasteiger partial charge in [0.25, 0.3) is 0 Å². The van der Waals surface area contributed by atoms with Crippen molar-refractivity contribution < 1.29 is 9.50 Å². The lowest BCUT2D eigenvalue weighted by atomic mass is 9.34. The van der Waals surface area contributed by atoms with Crippen molar-refractivity contribution in [2.24, 2.45) is 51.8 Å². The Morgan fingerprint density at radius 2 is 1.67 bits per heavy atom. The van der Waals surface area contributed by atoms with E-state index in [1.807, 2.05) is 11.8 Å². The molecule has 7 aliphatic rings. The highest BCUT2D eigenvalue weighted by Crippen LogP contribution is 2.75. The molecule has 0 amide bonds. The highest BCUT2D eigenvalue weighted by atomic mass is 32.2. The minimum atomic E-state index is -0.442. The molecule has 254 valence electrons. The molecular weight excluding hydrogens is 574 g/mol. The molecule has 0 spiro atoms. The first-order chi connectivity index (χ1) is 21.5. The van der Waals surface area contributed by atoms with E-state index in [2.05, 4.69) is 51.4 Å². The molecule has 7 rings (SSSR count). The molecule has 5 fully saturated rings. The average molecular weight is 640 g/mol. The number of thioether (sulfide) groups is 1. The zero-order valence-corrected chi connectivity index (χ0v) is 30.4. The first-order valence-electron chi connectivity index (χ1n) is 19.5. The quantitative estimate of drug-likeness (QED) is 0.291. The van der Waals surface area contributed by atoms with Gasteiger partial charge in [-0.2, -0.15) is 11.8 Å². The van der Waals surface area contributed by atoms with Crippen LogP contribution in [0.1, 0.15) is 143 Å². The standard InChI is InChI=1S/C41H66FNOS/c1-28-32(30-10-8-29(27-42)9-11-30)16-19-37(2)33(28)17-20-39(4)36(37)13-12-34-35-7-6-18-41(35,24-23-38(34,39)3)43-26-25-40(44)21-14-31(45-5)15-22-40/h10,16,28-29,31,33-36,43-44H,6-9,11-15,17-27H2,1-5H3/t28?,29?,31?,33?,34?,35-,36?,37?,38-,39?,40?,41?/m1/s1. The maximum absolute atomic E-state index is 13.3. The van der Waals surface area contributed by atoms with E-state index in [1.54, 1.807) is 11.1 Å². The van der Waals surface area contributed by atoms with E-state index in [-0.39, 0.29) is 12.6 Å². The lowest BCUT2D eigenvalue weighted by molar-refractivity contribution is -0.212. The van der Waals surface area contributed by atoms with Gasteiger partial charge in [-0.3, -0.25) is 4.39 Å². The van der Waals surface area contributed by atoms with E-state index in [0.29, 0.717) is 27.7 Å². The summed E-state index contributed by atoms with van der Waals surface area (Å²) in [4.78, 5) is 0. The number of nitrogens with one attached hydrogen (secondary N) is 1. The summed E-state index contributed by atoms with van der Waals surface area (Å²) in [6, 6.07) is 0. The lowest BCUT2D eigenvalue weighted by Gasteiger charge is -2.71. The van der Waals surface area contributed by atoms with Crippen molar-refractivity contribution in [1.29, 1.82) is 0 Å². The fraction of sp³-hybridized carbons (Fsp3) is 0.902. The van der Waals surface area contributed by atoms with Gasteiger partial charge in [0.05, 0.1) is 12.3 Å². The van der Waals surface area contributed by atoms with Crippen LogP contribution in [-0.2, 0) is 0 Å². The summed E-state index contributed by atoms with van der Waals surface area (Å²) in [5.41, 5.74) is 4.32. The highest BCUT2D eigenvalue weighted by Gasteiger charge is 2.68. The largest absolute Gasteiger partial charge is 0.390 e. The van der Waals surface area contributed by atoms with E-state index < -0.39 is 5.60 Å². The molecule has 4 heteroatoms. The van der Waals surface area contributed by atoms with Crippen LogP contribution in [0.15, 0.2) is 23.3 Å². The fourth-order valence-corrected chi connectivity index (χ4v) is 14.7. The third kappa shape index (κ3) is 5.30. The summed E-state index contributed by atoms with van der Waals surface area (Å²) < 4.78 is 13.3. The molecule has 2 N–H and O–H groups in total. The summed E-state index contributed by atoms with van der Waals surface area (Å²) >= 11 is 1.99. The number of fused-ring (bicyclic) bond motifs is 7. The second-order valence-corrected chi connectivity index (χ2v) is 19.5. The van der Waals surface area contributed by atoms with Crippen LogP contribution < -0.4 is 5.32 Å². The van der Waals surface area contributed by atoms with Gasteiger partial charge in [0.15, 0.2) is 0 Å². The van der Waals surface area contributed by atoms with Gasteiger partial charge in [-0.25, -0.2) is 0 Å². The van der Waals surface area contributed by atoms with Gasteiger partial charge in [0.1, 0.15) is 0 Å². The third-order valence-corrected chi connectivity index (χ3v) is 18.1. The zero-order valence-electron chi connectivity index (χ0n) is 29.6. The van der Waals surface area contributed by atoms with Gasteiger partial charge < -0.3 is 10.4 Å². The molecule has 0 aromatic rings. The van der Waals surface area contributed by atoms with Gasteiger partial charge in [-0.05, 0) is 185 Å². The monoisotopic (exact) mass is 639 g/mol. The van der Waals surface area contributed by atoms with Crippen molar-refractivity contribution in [2.45, 2.75) is 160 Å². The molecule has 0 radical (unpaired) electrons. The number of halogens is 1. The Balaban J connectivity index is 1.06. The summed E-state index contributed by atoms with van der Waals surface area (Å²) in [6.07, 6.45) is 29.4. The van der Waals surface area contributed by atoms with Crippen LogP contribution in [-0.4, -0.2) is 41.0 Å². The summed E-state index contributed by atoms with van der Waals surface area (Å²) in [5.74, 6) is 4.13. The van der Waals surface area contributed by atoms with Gasteiger partial charge in [-0.1, -0.05) is 46.3 Å². The number of hydrogen-bond donors (Lipinski definition) is 2. The normalized spacial score (nSPS) is 51.3. The summed E-state index contributed by atoms with van der Waals surface area (Å²) in [7, 11) is 0. The second kappa shape index (κ2) is 12.2. The van der Waals surface area contributed by atoms with E-state index in [0.717, 1.165) is 74.0 Å². The molecule has 0 aromatic carbocycles. The zero-order chi connectivity index (χ0) is 31.7. The Hall–Kier alpha value is -0.320. The first-order valence-corrected chi connectivity index (χ1v) is 20.8. The molecular formula is C41H66FNOS. The van der Waals surface area contributed by atoms with Crippen LogP contribution in [0.5, 0.6) is 0 Å². The Labute approximate surface area is 280 Å². The smallest absolute Gasteiger partial charge is 0.0925 e. The number of rotatable bonds is 7. The molecule has 45 heavy (non-hydrogen) atoms. The number of aliphatic hydroxyl groups is 1. The number of alkyl halides is 1. The lowest BCUT2D eigenvalue weighted by Crippen LogP contribution is -2.67. The molecule has 0 aliphatic heterocycles. The first kappa shape index (κ1) is 33.2. The van der Waals surface area contributed by atoms with Crippen molar-refractivity contribution in [3.05, 3.63) is 23.3 Å². The SMILES string of the molecule is CSC1CCC(O)(CCNC23CCC[C@@H]2C2CCC4C5(C)CC=C(C6=CCC(CF)CC6)C(C)C5CCC4(C)[C@]2(C)CC3)CC1. The number of hydrogen-bond acceptors (Lipinski definition) is 3. The van der Waals surface area contributed by atoms with Crippen molar-refractivity contribution in [2.75, 3.05) is 19.5 Å². The van der Waals surface area contributed by atoms with E-state index in [1.165, 1.54) is 77.0 Å². The van der Waals surface area contributed by atoms with Crippen LogP contribution >= 0.6 is 11.8 Å². The maximum Gasteiger partial charge on any atom is 0.0925 e. The Morgan fingerprint density at radius 1 is 0.867 bits per heavy atom. The van der Waals surface area contributed by atoms with Crippen LogP contribution in [0, 0.1) is 51.8 Å². The summed E-state index contributed by atoms with van der Waals surface area (Å²) in [5, 5.41) is 16.4. The van der Waals surface area contributed by atoms with E-state index in [4.69, 9.17) is 0 Å². The minimum absolute atomic E-state index is 0.153. The second-order valence-electron chi connectivity index (χ2n) is 18.4. The van der Waals surface area contributed by atoms with Crippen molar-refractivity contribution in [1.82, 2.24) is 5.32 Å². The Kier molecular flexibility index (Phi) is 9.02.